The van der Waals surface area contributed by atoms with Gasteiger partial charge in [-0.25, -0.2) is 8.42 Å². The van der Waals surface area contributed by atoms with Crippen LogP contribution >= 0.6 is 0 Å². The van der Waals surface area contributed by atoms with Crippen molar-refractivity contribution in [2.45, 2.75) is 135 Å². The maximum absolute atomic E-state index is 13.0. The molecule has 0 N–H and O–H groups in total. The summed E-state index contributed by atoms with van der Waals surface area (Å²) in [6.07, 6.45) is 8.60. The molecular formula is C41H53NO5SSi2. The molecule has 2 bridgehead atoms. The second-order valence-corrected chi connectivity index (χ2v) is 28.8. The zero-order valence-corrected chi connectivity index (χ0v) is 34.7. The molecule has 50 heavy (non-hydrogen) atoms. The van der Waals surface area contributed by atoms with Crippen LogP contribution in [-0.2, 0) is 56.2 Å². The van der Waals surface area contributed by atoms with Gasteiger partial charge in [0.05, 0.1) is 19.5 Å². The summed E-state index contributed by atoms with van der Waals surface area (Å²) in [5.41, 5.74) is 9.47. The molecule has 9 heteroatoms. The number of fused-ring (bicyclic) bond motifs is 8. The molecule has 0 radical (unpaired) electrons. The minimum Gasteiger partial charge on any atom is -0.413 e. The van der Waals surface area contributed by atoms with E-state index in [9.17, 15) is 8.42 Å². The number of sulfonamides is 1. The number of hydrogen-bond acceptors (Lipinski definition) is 5. The van der Waals surface area contributed by atoms with Crippen molar-refractivity contribution in [1.82, 2.24) is 4.31 Å². The van der Waals surface area contributed by atoms with Crippen molar-refractivity contribution in [2.75, 3.05) is 12.9 Å². The first-order valence-electron chi connectivity index (χ1n) is 17.9. The molecule has 0 saturated heterocycles. The highest BCUT2D eigenvalue weighted by Gasteiger charge is 2.44. The second-order valence-electron chi connectivity index (χ2n) is 17.2. The topological polar surface area (TPSA) is 65.1 Å². The Morgan fingerprint density at radius 2 is 1.36 bits per heavy atom. The summed E-state index contributed by atoms with van der Waals surface area (Å²) in [5.74, 6) is 19.0. The fraction of sp³-hybridized carbons (Fsp3) is 0.561. The van der Waals surface area contributed by atoms with E-state index in [4.69, 9.17) is 13.6 Å². The summed E-state index contributed by atoms with van der Waals surface area (Å²) >= 11 is 0. The Labute approximate surface area is 303 Å². The molecule has 2 aromatic carbocycles. The second kappa shape index (κ2) is 13.1. The molecule has 0 spiro atoms. The summed E-state index contributed by atoms with van der Waals surface area (Å²) in [6, 6.07) is 0. The highest BCUT2D eigenvalue weighted by atomic mass is 32.2. The minimum absolute atomic E-state index is 0.0393. The van der Waals surface area contributed by atoms with E-state index in [1.165, 1.54) is 44.8 Å². The third-order valence-electron chi connectivity index (χ3n) is 12.0. The number of nitrogens with zero attached hydrogens (tertiary/aromatic N) is 1. The summed E-state index contributed by atoms with van der Waals surface area (Å²) in [6.45, 7) is 24.1. The van der Waals surface area contributed by atoms with E-state index in [0.717, 1.165) is 29.5 Å². The van der Waals surface area contributed by atoms with Crippen LogP contribution < -0.4 is 0 Å². The molecule has 266 valence electrons. The summed E-state index contributed by atoms with van der Waals surface area (Å²) < 4.78 is 47.1. The Morgan fingerprint density at radius 1 is 0.780 bits per heavy atom. The smallest absolute Gasteiger partial charge is 0.211 e. The number of hydrogen-bond donors (Lipinski definition) is 0. The average molecular weight is 728 g/mol. The first kappa shape index (κ1) is 37.1. The minimum atomic E-state index is -3.42. The molecule has 3 heterocycles. The lowest BCUT2D eigenvalue weighted by Gasteiger charge is -2.36. The van der Waals surface area contributed by atoms with Crippen LogP contribution in [0.2, 0.25) is 36.3 Å². The van der Waals surface area contributed by atoms with Crippen molar-refractivity contribution in [3.8, 4) is 35.5 Å². The quantitative estimate of drug-likeness (QED) is 0.124. The lowest BCUT2D eigenvalue weighted by Crippen LogP contribution is -2.40. The Morgan fingerprint density at radius 3 is 2.02 bits per heavy atom. The van der Waals surface area contributed by atoms with E-state index < -0.39 is 26.7 Å². The summed E-state index contributed by atoms with van der Waals surface area (Å²) in [5, 5.41) is 2.66. The van der Waals surface area contributed by atoms with Gasteiger partial charge >= 0.3 is 0 Å². The van der Waals surface area contributed by atoms with Gasteiger partial charge in [-0.2, -0.15) is 4.31 Å². The molecule has 6 rings (SSSR count). The van der Waals surface area contributed by atoms with Gasteiger partial charge in [0.15, 0.2) is 16.6 Å². The van der Waals surface area contributed by atoms with Gasteiger partial charge in [0.1, 0.15) is 12.2 Å². The Kier molecular flexibility index (Phi) is 9.71. The van der Waals surface area contributed by atoms with Gasteiger partial charge in [-0.1, -0.05) is 77.4 Å². The number of unbranched alkanes of at least 4 members (excludes halogenated alkanes) is 1. The van der Waals surface area contributed by atoms with Crippen molar-refractivity contribution in [3.63, 3.8) is 0 Å². The van der Waals surface area contributed by atoms with Crippen LogP contribution in [0.3, 0.4) is 0 Å². The van der Waals surface area contributed by atoms with Gasteiger partial charge < -0.3 is 13.6 Å². The monoisotopic (exact) mass is 727 g/mol. The molecule has 4 aliphatic rings. The SMILES string of the molecule is CC(C)(C)[Si](C)(C)OCC#CC#CCCC#Cc1c2c(c3c(CO[Si](C)(C)C(C)(C)C)c4c(c5c3c1CC5)C1C=CC4O1)CN(S(C)(=O)=O)C2. The van der Waals surface area contributed by atoms with Gasteiger partial charge in [0, 0.05) is 31.5 Å². The van der Waals surface area contributed by atoms with Crippen LogP contribution in [0, 0.1) is 35.5 Å². The lowest BCUT2D eigenvalue weighted by atomic mass is 9.81. The highest BCUT2D eigenvalue weighted by Crippen LogP contribution is 2.55. The van der Waals surface area contributed by atoms with Crippen molar-refractivity contribution in [2.24, 2.45) is 0 Å². The van der Waals surface area contributed by atoms with Gasteiger partial charge in [-0.15, -0.1) is 0 Å². The van der Waals surface area contributed by atoms with E-state index in [2.05, 4.69) is 115 Å². The van der Waals surface area contributed by atoms with Gasteiger partial charge in [0.25, 0.3) is 0 Å². The summed E-state index contributed by atoms with van der Waals surface area (Å²) in [7, 11) is -7.32. The van der Waals surface area contributed by atoms with Gasteiger partial charge in [-0.3, -0.25) is 0 Å². The van der Waals surface area contributed by atoms with E-state index in [-0.39, 0.29) is 22.3 Å². The van der Waals surface area contributed by atoms with E-state index in [1.807, 2.05) is 0 Å². The van der Waals surface area contributed by atoms with Gasteiger partial charge in [0.2, 0.25) is 10.0 Å². The predicted molar refractivity (Wildman–Crippen MR) is 208 cm³/mol. The first-order valence-corrected chi connectivity index (χ1v) is 25.6. The Bertz CT molecular complexity index is 2080. The maximum Gasteiger partial charge on any atom is 0.211 e. The van der Waals surface area contributed by atoms with Crippen LogP contribution in [0.15, 0.2) is 12.2 Å². The van der Waals surface area contributed by atoms with Gasteiger partial charge in [-0.05, 0) is 111 Å². The van der Waals surface area contributed by atoms with E-state index in [0.29, 0.717) is 39.1 Å². The van der Waals surface area contributed by atoms with E-state index >= 15 is 0 Å². The van der Waals surface area contributed by atoms with Crippen LogP contribution in [0.4, 0.5) is 0 Å². The lowest BCUT2D eigenvalue weighted by molar-refractivity contribution is 0.0869. The normalized spacial score (nSPS) is 19.5. The van der Waals surface area contributed by atoms with Crippen molar-refractivity contribution >= 4 is 37.4 Å². The van der Waals surface area contributed by atoms with Crippen molar-refractivity contribution in [1.29, 1.82) is 0 Å². The molecule has 3 aliphatic heterocycles. The molecule has 2 aromatic rings. The maximum atomic E-state index is 13.0. The number of aryl methyl sites for hydroxylation is 2. The number of ether oxygens (including phenoxy) is 1. The van der Waals surface area contributed by atoms with Crippen LogP contribution in [0.1, 0.15) is 111 Å². The molecule has 0 fully saturated rings. The number of rotatable bonds is 7. The zero-order valence-electron chi connectivity index (χ0n) is 31.9. The van der Waals surface area contributed by atoms with Crippen molar-refractivity contribution in [3.05, 3.63) is 56.7 Å². The molecular weight excluding hydrogens is 675 g/mol. The largest absolute Gasteiger partial charge is 0.413 e. The van der Waals surface area contributed by atoms with Crippen LogP contribution in [0.5, 0.6) is 0 Å². The standard InChI is InChI=1S/C41H53NO5SSi2/c1-40(2,3)49(8,9)45-24-18-16-14-12-13-15-17-19-28-29-20-21-30-36(29)37(32-26-42(25-31(28)32)48(7,43)44)33(27-46-50(10,11)41(4,5)6)39-35-23-22-34(47-35)38(30)39/h22-23,34-35H,13,15,20-21,24-27H2,1-11H3. The molecule has 1 aliphatic carbocycles. The fourth-order valence-corrected chi connectivity index (χ4v) is 9.55. The highest BCUT2D eigenvalue weighted by molar-refractivity contribution is 7.88. The zero-order chi connectivity index (χ0) is 36.4. The predicted octanol–water partition coefficient (Wildman–Crippen LogP) is 8.58. The summed E-state index contributed by atoms with van der Waals surface area (Å²) in [4.78, 5) is 0. The third-order valence-corrected chi connectivity index (χ3v) is 22.1. The third kappa shape index (κ3) is 6.70. The van der Waals surface area contributed by atoms with Crippen molar-refractivity contribution < 1.29 is 22.0 Å². The molecule has 6 nitrogen and oxygen atoms in total. The molecule has 2 atom stereocenters. The van der Waals surface area contributed by atoms with E-state index in [1.54, 1.807) is 4.31 Å². The fourth-order valence-electron chi connectivity index (χ4n) is 7.02. The molecule has 0 saturated carbocycles. The van der Waals surface area contributed by atoms with Crippen LogP contribution in [0.25, 0.3) is 10.8 Å². The first-order chi connectivity index (χ1) is 23.2. The van der Waals surface area contributed by atoms with Crippen LogP contribution in [-0.4, -0.2) is 42.2 Å². The molecule has 0 amide bonds. The molecule has 0 aromatic heterocycles. The number of benzene rings is 2. The molecule has 2 unspecified atom stereocenters. The average Bonchev–Trinajstić information content (AvgIpc) is 3.80. The Hall–Kier alpha value is -2.66. The Balaban J connectivity index is 1.36.